The van der Waals surface area contributed by atoms with Gasteiger partial charge in [-0.05, 0) is 67.3 Å². The van der Waals surface area contributed by atoms with Gasteiger partial charge in [0.05, 0.1) is 16.1 Å². The zero-order valence-electron chi connectivity index (χ0n) is 21.7. The molecule has 198 valence electrons. The molecule has 2 aromatic heterocycles. The Morgan fingerprint density at radius 1 is 0.925 bits per heavy atom. The van der Waals surface area contributed by atoms with Crippen molar-refractivity contribution in [3.05, 3.63) is 129 Å². The predicted molar refractivity (Wildman–Crippen MR) is 159 cm³/mol. The summed E-state index contributed by atoms with van der Waals surface area (Å²) in [6.07, 6.45) is 0. The van der Waals surface area contributed by atoms with Gasteiger partial charge in [-0.15, -0.1) is 22.7 Å². The Bertz CT molecular complexity index is 1740. The number of amides is 1. The first-order chi connectivity index (χ1) is 19.4. The number of carbonyl (C=O) groups excluding carboxylic acids is 2. The molecule has 3 aromatic carbocycles. The molecule has 6 nitrogen and oxygen atoms in total. The minimum absolute atomic E-state index is 0.0545. The lowest BCUT2D eigenvalue weighted by Gasteiger charge is -2.25. The van der Waals surface area contributed by atoms with Gasteiger partial charge < -0.3 is 9.84 Å². The van der Waals surface area contributed by atoms with Crippen molar-refractivity contribution < 1.29 is 19.4 Å². The number of hydrogen-bond acceptors (Lipinski definition) is 7. The number of aryl methyl sites for hydroxylation is 2. The predicted octanol–water partition coefficient (Wildman–Crippen LogP) is 8.06. The van der Waals surface area contributed by atoms with Gasteiger partial charge in [-0.2, -0.15) is 0 Å². The van der Waals surface area contributed by atoms with E-state index in [-0.39, 0.29) is 5.57 Å². The Kier molecular flexibility index (Phi) is 6.79. The number of nitrogens with zero attached hydrogens (tertiary/aromatic N) is 2. The molecule has 0 fully saturated rings. The van der Waals surface area contributed by atoms with Crippen LogP contribution >= 0.6 is 22.7 Å². The highest BCUT2D eigenvalue weighted by molar-refractivity contribution is 7.17. The first-order valence-electron chi connectivity index (χ1n) is 12.6. The molecule has 1 unspecified atom stereocenters. The number of carbonyl (C=O) groups is 2. The standard InChI is InChI=1S/C32H24N2O4S2/c1-19-8-6-11-24(18-19)38-23-15-13-22(14-16-23)34-27(25-12-7-17-39-25)26(29(36)32(34)37)28(35)30-20(2)33-31(40-30)21-9-4-3-5-10-21/h3-18,27,36H,1-2H3. The molecule has 1 atom stereocenters. The lowest BCUT2D eigenvalue weighted by molar-refractivity contribution is -0.117. The molecular formula is C32H24N2O4S2. The van der Waals surface area contributed by atoms with Gasteiger partial charge in [0.1, 0.15) is 22.5 Å². The van der Waals surface area contributed by atoms with E-state index in [1.807, 2.05) is 79.0 Å². The van der Waals surface area contributed by atoms with E-state index in [4.69, 9.17) is 4.74 Å². The van der Waals surface area contributed by atoms with Crippen LogP contribution in [0.15, 0.2) is 108 Å². The zero-order chi connectivity index (χ0) is 27.8. The summed E-state index contributed by atoms with van der Waals surface area (Å²) in [6, 6.07) is 27.4. The highest BCUT2D eigenvalue weighted by Gasteiger charge is 2.45. The van der Waals surface area contributed by atoms with Crippen LogP contribution < -0.4 is 9.64 Å². The van der Waals surface area contributed by atoms with E-state index in [0.717, 1.165) is 16.0 Å². The molecule has 1 amide bonds. The molecule has 40 heavy (non-hydrogen) atoms. The summed E-state index contributed by atoms with van der Waals surface area (Å²) < 4.78 is 5.97. The van der Waals surface area contributed by atoms with Crippen LogP contribution in [0.4, 0.5) is 5.69 Å². The molecule has 0 radical (unpaired) electrons. The quantitative estimate of drug-likeness (QED) is 0.202. The van der Waals surface area contributed by atoms with Crippen molar-refractivity contribution in [1.29, 1.82) is 0 Å². The van der Waals surface area contributed by atoms with E-state index in [0.29, 0.717) is 32.8 Å². The molecule has 0 bridgehead atoms. The van der Waals surface area contributed by atoms with E-state index >= 15 is 0 Å². The van der Waals surface area contributed by atoms with Crippen LogP contribution in [0.2, 0.25) is 0 Å². The molecule has 0 aliphatic carbocycles. The summed E-state index contributed by atoms with van der Waals surface area (Å²) in [5.41, 5.74) is 3.14. The SMILES string of the molecule is Cc1cccc(Oc2ccc(N3C(=O)C(O)=C(C(=O)c4sc(-c5ccccc5)nc4C)C3c3cccs3)cc2)c1. The number of Topliss-reactive ketones (excluding diaryl/α,β-unsaturated/α-hetero) is 1. The highest BCUT2D eigenvalue weighted by atomic mass is 32.1. The van der Waals surface area contributed by atoms with E-state index in [2.05, 4.69) is 4.98 Å². The van der Waals surface area contributed by atoms with E-state index in [1.54, 1.807) is 31.2 Å². The molecule has 5 aromatic rings. The number of anilines is 1. The van der Waals surface area contributed by atoms with Crippen molar-refractivity contribution in [2.75, 3.05) is 4.90 Å². The van der Waals surface area contributed by atoms with Gasteiger partial charge in [0.2, 0.25) is 5.78 Å². The number of rotatable bonds is 7. The van der Waals surface area contributed by atoms with Crippen molar-refractivity contribution in [2.24, 2.45) is 0 Å². The Morgan fingerprint density at radius 3 is 2.40 bits per heavy atom. The van der Waals surface area contributed by atoms with Gasteiger partial charge in [0.25, 0.3) is 5.91 Å². The number of thiazole rings is 1. The second kappa shape index (κ2) is 10.6. The summed E-state index contributed by atoms with van der Waals surface area (Å²) in [5, 5.41) is 13.7. The molecule has 0 spiro atoms. The first kappa shape index (κ1) is 25.7. The fourth-order valence-corrected chi connectivity index (χ4v) is 6.59. The summed E-state index contributed by atoms with van der Waals surface area (Å²) in [6.45, 7) is 3.77. The molecular weight excluding hydrogens is 540 g/mol. The maximum atomic E-state index is 14.0. The average molecular weight is 565 g/mol. The second-order valence-electron chi connectivity index (χ2n) is 9.40. The van der Waals surface area contributed by atoms with Crippen LogP contribution in [-0.4, -0.2) is 21.8 Å². The monoisotopic (exact) mass is 564 g/mol. The number of ketones is 1. The molecule has 1 aliphatic rings. The van der Waals surface area contributed by atoms with Crippen LogP contribution in [0, 0.1) is 13.8 Å². The van der Waals surface area contributed by atoms with Gasteiger partial charge in [-0.1, -0.05) is 48.5 Å². The number of thiophene rings is 1. The fraction of sp³-hybridized carbons (Fsp3) is 0.0938. The normalized spacial score (nSPS) is 15.1. The van der Waals surface area contributed by atoms with Crippen molar-refractivity contribution in [2.45, 2.75) is 19.9 Å². The third-order valence-corrected chi connectivity index (χ3v) is 8.76. The van der Waals surface area contributed by atoms with Crippen LogP contribution in [0.3, 0.4) is 0 Å². The number of aliphatic hydroxyl groups excluding tert-OH is 1. The van der Waals surface area contributed by atoms with Gasteiger partial charge in [0.15, 0.2) is 5.76 Å². The topological polar surface area (TPSA) is 79.7 Å². The number of aromatic nitrogens is 1. The molecule has 8 heteroatoms. The van der Waals surface area contributed by atoms with E-state index in [1.165, 1.54) is 27.6 Å². The second-order valence-corrected chi connectivity index (χ2v) is 11.4. The maximum Gasteiger partial charge on any atom is 0.294 e. The minimum Gasteiger partial charge on any atom is -0.503 e. The largest absolute Gasteiger partial charge is 0.503 e. The Balaban J connectivity index is 1.35. The van der Waals surface area contributed by atoms with Gasteiger partial charge in [-0.25, -0.2) is 4.98 Å². The van der Waals surface area contributed by atoms with Crippen LogP contribution in [0.1, 0.15) is 31.8 Å². The lowest BCUT2D eigenvalue weighted by atomic mass is 10.00. The Hall–Kier alpha value is -4.53. The molecule has 6 rings (SSSR count). The van der Waals surface area contributed by atoms with Crippen molar-refractivity contribution in [1.82, 2.24) is 4.98 Å². The first-order valence-corrected chi connectivity index (χ1v) is 14.3. The van der Waals surface area contributed by atoms with Crippen molar-refractivity contribution in [3.63, 3.8) is 0 Å². The minimum atomic E-state index is -0.773. The Morgan fingerprint density at radius 2 is 1.70 bits per heavy atom. The molecule has 1 N–H and O–H groups in total. The highest BCUT2D eigenvalue weighted by Crippen LogP contribution is 2.45. The van der Waals surface area contributed by atoms with Crippen molar-refractivity contribution in [3.8, 4) is 22.1 Å². The maximum absolute atomic E-state index is 14.0. The number of aliphatic hydroxyl groups is 1. The average Bonchev–Trinajstić information content (AvgIpc) is 3.69. The molecule has 3 heterocycles. The van der Waals surface area contributed by atoms with E-state index in [9.17, 15) is 14.7 Å². The number of benzene rings is 3. The van der Waals surface area contributed by atoms with Crippen LogP contribution in [0.25, 0.3) is 10.6 Å². The van der Waals surface area contributed by atoms with Crippen molar-refractivity contribution >= 4 is 40.1 Å². The smallest absolute Gasteiger partial charge is 0.294 e. The van der Waals surface area contributed by atoms with Crippen LogP contribution in [-0.2, 0) is 4.79 Å². The van der Waals surface area contributed by atoms with Gasteiger partial charge >= 0.3 is 0 Å². The van der Waals surface area contributed by atoms with Crippen LogP contribution in [0.5, 0.6) is 11.5 Å². The fourth-order valence-electron chi connectivity index (χ4n) is 4.74. The zero-order valence-corrected chi connectivity index (χ0v) is 23.3. The molecule has 0 saturated heterocycles. The summed E-state index contributed by atoms with van der Waals surface area (Å²) in [5.74, 6) is -0.250. The molecule has 1 aliphatic heterocycles. The Labute approximate surface area is 239 Å². The lowest BCUT2D eigenvalue weighted by Crippen LogP contribution is -2.30. The summed E-state index contributed by atoms with van der Waals surface area (Å²) in [7, 11) is 0. The van der Waals surface area contributed by atoms with Gasteiger partial charge in [-0.3, -0.25) is 14.5 Å². The number of ether oxygens (including phenoxy) is 1. The molecule has 0 saturated carbocycles. The third-order valence-electron chi connectivity index (χ3n) is 6.63. The summed E-state index contributed by atoms with van der Waals surface area (Å²) in [4.78, 5) is 34.8. The number of hydrogen-bond donors (Lipinski definition) is 1. The van der Waals surface area contributed by atoms with Gasteiger partial charge in [0, 0.05) is 16.1 Å². The summed E-state index contributed by atoms with van der Waals surface area (Å²) >= 11 is 2.69. The third kappa shape index (κ3) is 4.72. The van der Waals surface area contributed by atoms with E-state index < -0.39 is 23.5 Å².